The Kier molecular flexibility index (Phi) is 5.03. The zero-order valence-electron chi connectivity index (χ0n) is 11.7. The molecule has 3 heteroatoms. The third-order valence-electron chi connectivity index (χ3n) is 3.93. The van der Waals surface area contributed by atoms with E-state index in [1.54, 1.807) is 0 Å². The first-order chi connectivity index (χ1) is 9.13. The molecular formula is C16H22BrNO. The fourth-order valence-corrected chi connectivity index (χ4v) is 3.24. The number of alkyl halides is 1. The van der Waals surface area contributed by atoms with E-state index in [1.807, 2.05) is 4.90 Å². The summed E-state index contributed by atoms with van der Waals surface area (Å²) < 4.78 is 0. The summed E-state index contributed by atoms with van der Waals surface area (Å²) in [5.74, 6) is 0.486. The Morgan fingerprint density at radius 3 is 2.68 bits per heavy atom. The zero-order chi connectivity index (χ0) is 13.8. The van der Waals surface area contributed by atoms with E-state index in [2.05, 4.69) is 54.0 Å². The number of benzene rings is 1. The predicted molar refractivity (Wildman–Crippen MR) is 82.6 cm³/mol. The van der Waals surface area contributed by atoms with Gasteiger partial charge in [0, 0.05) is 23.8 Å². The lowest BCUT2D eigenvalue weighted by Gasteiger charge is -2.32. The van der Waals surface area contributed by atoms with Gasteiger partial charge < -0.3 is 4.90 Å². The summed E-state index contributed by atoms with van der Waals surface area (Å²) in [6.45, 7) is 4.99. The van der Waals surface area contributed by atoms with Crippen LogP contribution in [0.25, 0.3) is 0 Å². The molecule has 0 spiro atoms. The Labute approximate surface area is 124 Å². The Hall–Kier alpha value is -0.830. The summed E-state index contributed by atoms with van der Waals surface area (Å²) in [7, 11) is 0. The predicted octanol–water partition coefficient (Wildman–Crippen LogP) is 3.42. The molecule has 1 aliphatic carbocycles. The molecule has 0 aliphatic heterocycles. The van der Waals surface area contributed by atoms with Gasteiger partial charge in [0.25, 0.3) is 0 Å². The van der Waals surface area contributed by atoms with Crippen LogP contribution in [0, 0.1) is 5.92 Å². The van der Waals surface area contributed by atoms with Crippen molar-refractivity contribution in [1.29, 1.82) is 0 Å². The summed E-state index contributed by atoms with van der Waals surface area (Å²) in [5, 5.41) is 0.847. The molecule has 0 radical (unpaired) electrons. The van der Waals surface area contributed by atoms with Crippen LogP contribution in [0.5, 0.6) is 0 Å². The maximum absolute atomic E-state index is 12.6. The number of fused-ring (bicyclic) bond motifs is 1. The first-order valence-electron chi connectivity index (χ1n) is 7.06. The molecule has 1 aliphatic rings. The minimum Gasteiger partial charge on any atom is -0.339 e. The Morgan fingerprint density at radius 1 is 1.37 bits per heavy atom. The van der Waals surface area contributed by atoms with E-state index in [9.17, 15) is 4.79 Å². The molecule has 19 heavy (non-hydrogen) atoms. The molecule has 0 fully saturated rings. The van der Waals surface area contributed by atoms with Crippen LogP contribution in [-0.2, 0) is 17.6 Å². The lowest BCUT2D eigenvalue weighted by atomic mass is 9.83. The zero-order valence-corrected chi connectivity index (χ0v) is 13.3. The number of rotatable bonds is 4. The van der Waals surface area contributed by atoms with Crippen molar-refractivity contribution in [1.82, 2.24) is 4.90 Å². The highest BCUT2D eigenvalue weighted by Crippen LogP contribution is 2.27. The van der Waals surface area contributed by atoms with E-state index in [4.69, 9.17) is 0 Å². The van der Waals surface area contributed by atoms with E-state index >= 15 is 0 Å². The number of amides is 1. The fraction of sp³-hybridized carbons (Fsp3) is 0.562. The molecule has 104 valence electrons. The van der Waals surface area contributed by atoms with Crippen LogP contribution in [0.1, 0.15) is 31.4 Å². The molecule has 1 aromatic carbocycles. The smallest absolute Gasteiger partial charge is 0.226 e. The van der Waals surface area contributed by atoms with Crippen molar-refractivity contribution in [2.75, 3.05) is 11.9 Å². The van der Waals surface area contributed by atoms with Gasteiger partial charge in [-0.2, -0.15) is 0 Å². The monoisotopic (exact) mass is 323 g/mol. The molecule has 1 aromatic rings. The molecule has 0 heterocycles. The van der Waals surface area contributed by atoms with Gasteiger partial charge in [0.1, 0.15) is 0 Å². The van der Waals surface area contributed by atoms with Crippen molar-refractivity contribution in [3.8, 4) is 0 Å². The fourth-order valence-electron chi connectivity index (χ4n) is 2.86. The van der Waals surface area contributed by atoms with E-state index < -0.39 is 0 Å². The number of carbonyl (C=O) groups excluding carboxylic acids is 1. The summed E-state index contributed by atoms with van der Waals surface area (Å²) in [5.41, 5.74) is 2.78. The van der Waals surface area contributed by atoms with Gasteiger partial charge >= 0.3 is 0 Å². The molecule has 0 bridgehead atoms. The minimum absolute atomic E-state index is 0.163. The van der Waals surface area contributed by atoms with Gasteiger partial charge in [0.15, 0.2) is 0 Å². The first-order valence-corrected chi connectivity index (χ1v) is 8.19. The number of nitrogens with zero attached hydrogens (tertiary/aromatic N) is 1. The topological polar surface area (TPSA) is 20.3 Å². The molecule has 1 unspecified atom stereocenters. The maximum atomic E-state index is 12.6. The van der Waals surface area contributed by atoms with Crippen molar-refractivity contribution in [2.45, 2.75) is 39.2 Å². The highest BCUT2D eigenvalue weighted by atomic mass is 79.9. The lowest BCUT2D eigenvalue weighted by Crippen LogP contribution is -2.43. The number of hydrogen-bond acceptors (Lipinski definition) is 1. The average molecular weight is 324 g/mol. The second-order valence-electron chi connectivity index (χ2n) is 5.52. The summed E-state index contributed by atoms with van der Waals surface area (Å²) in [4.78, 5) is 14.7. The van der Waals surface area contributed by atoms with Gasteiger partial charge in [-0.1, -0.05) is 40.2 Å². The SMILES string of the molecule is CC(C)N(CCBr)C(=O)C1CCc2ccccc2C1. The molecular weight excluding hydrogens is 302 g/mol. The van der Waals surface area contributed by atoms with Gasteiger partial charge in [-0.25, -0.2) is 0 Å². The van der Waals surface area contributed by atoms with E-state index in [0.717, 1.165) is 31.1 Å². The third kappa shape index (κ3) is 3.38. The van der Waals surface area contributed by atoms with Crippen molar-refractivity contribution >= 4 is 21.8 Å². The van der Waals surface area contributed by atoms with Crippen LogP contribution in [0.15, 0.2) is 24.3 Å². The summed E-state index contributed by atoms with van der Waals surface area (Å²) in [6.07, 6.45) is 2.93. The second-order valence-corrected chi connectivity index (χ2v) is 6.32. The van der Waals surface area contributed by atoms with Gasteiger partial charge in [-0.05, 0) is 44.2 Å². The molecule has 2 rings (SSSR count). The van der Waals surface area contributed by atoms with Crippen LogP contribution < -0.4 is 0 Å². The molecule has 0 saturated heterocycles. The van der Waals surface area contributed by atoms with E-state index in [1.165, 1.54) is 11.1 Å². The second kappa shape index (κ2) is 6.56. The first kappa shape index (κ1) is 14.6. The summed E-state index contributed by atoms with van der Waals surface area (Å²) in [6, 6.07) is 8.80. The average Bonchev–Trinajstić information content (AvgIpc) is 2.43. The van der Waals surface area contributed by atoms with E-state index in [-0.39, 0.29) is 12.0 Å². The molecule has 0 saturated carbocycles. The number of aryl methyl sites for hydroxylation is 1. The van der Waals surface area contributed by atoms with Gasteiger partial charge in [0.05, 0.1) is 0 Å². The van der Waals surface area contributed by atoms with Crippen molar-refractivity contribution in [3.63, 3.8) is 0 Å². The number of halogens is 1. The van der Waals surface area contributed by atoms with Crippen LogP contribution in [0.3, 0.4) is 0 Å². The highest BCUT2D eigenvalue weighted by Gasteiger charge is 2.28. The van der Waals surface area contributed by atoms with Crippen LogP contribution >= 0.6 is 15.9 Å². The van der Waals surface area contributed by atoms with Crippen molar-refractivity contribution in [2.24, 2.45) is 5.92 Å². The Balaban J connectivity index is 2.09. The quantitative estimate of drug-likeness (QED) is 0.777. The highest BCUT2D eigenvalue weighted by molar-refractivity contribution is 9.09. The summed E-state index contributed by atoms with van der Waals surface area (Å²) >= 11 is 3.44. The van der Waals surface area contributed by atoms with E-state index in [0.29, 0.717) is 5.91 Å². The number of carbonyl (C=O) groups is 1. The van der Waals surface area contributed by atoms with Crippen LogP contribution in [-0.4, -0.2) is 28.7 Å². The molecule has 1 amide bonds. The molecule has 0 N–H and O–H groups in total. The molecule has 1 atom stereocenters. The van der Waals surface area contributed by atoms with Gasteiger partial charge in [0.2, 0.25) is 5.91 Å². The Bertz CT molecular complexity index is 444. The van der Waals surface area contributed by atoms with Crippen LogP contribution in [0.4, 0.5) is 0 Å². The number of hydrogen-bond donors (Lipinski definition) is 0. The largest absolute Gasteiger partial charge is 0.339 e. The third-order valence-corrected chi connectivity index (χ3v) is 4.28. The normalized spacial score (nSPS) is 18.2. The van der Waals surface area contributed by atoms with Crippen molar-refractivity contribution in [3.05, 3.63) is 35.4 Å². The standard InChI is InChI=1S/C16H22BrNO/c1-12(2)18(10-9-17)16(19)15-8-7-13-5-3-4-6-14(13)11-15/h3-6,12,15H,7-11H2,1-2H3. The molecule has 2 nitrogen and oxygen atoms in total. The van der Waals surface area contributed by atoms with Crippen molar-refractivity contribution < 1.29 is 4.79 Å². The Morgan fingerprint density at radius 2 is 2.05 bits per heavy atom. The van der Waals surface area contributed by atoms with Crippen LogP contribution in [0.2, 0.25) is 0 Å². The molecule has 0 aromatic heterocycles. The lowest BCUT2D eigenvalue weighted by molar-refractivity contribution is -0.137. The minimum atomic E-state index is 0.163. The maximum Gasteiger partial charge on any atom is 0.226 e. The van der Waals surface area contributed by atoms with Gasteiger partial charge in [-0.3, -0.25) is 4.79 Å². The van der Waals surface area contributed by atoms with Gasteiger partial charge in [-0.15, -0.1) is 0 Å².